The van der Waals surface area contributed by atoms with Gasteiger partial charge in [0.15, 0.2) is 0 Å². The van der Waals surface area contributed by atoms with Gasteiger partial charge in [-0.2, -0.15) is 0 Å². The van der Waals surface area contributed by atoms with Crippen molar-refractivity contribution in [2.75, 3.05) is 31.1 Å². The van der Waals surface area contributed by atoms with Crippen molar-refractivity contribution in [2.24, 2.45) is 11.1 Å². The lowest BCUT2D eigenvalue weighted by Crippen LogP contribution is -2.42. The highest BCUT2D eigenvalue weighted by molar-refractivity contribution is 6.29. The number of anilines is 1. The molecule has 8 heteroatoms. The first-order valence-corrected chi connectivity index (χ1v) is 11.0. The monoisotopic (exact) mass is 417 g/mol. The van der Waals surface area contributed by atoms with E-state index in [0.29, 0.717) is 29.9 Å². The second kappa shape index (κ2) is 8.40. The molecule has 1 aromatic heterocycles. The van der Waals surface area contributed by atoms with E-state index < -0.39 is 5.41 Å². The van der Waals surface area contributed by atoms with Crippen LogP contribution in [0, 0.1) is 5.41 Å². The molecule has 2 fully saturated rings. The number of nitrogens with two attached hydrogens (primary N) is 1. The lowest BCUT2D eigenvalue weighted by Gasteiger charge is -2.40. The summed E-state index contributed by atoms with van der Waals surface area (Å²) in [7, 11) is 0. The van der Waals surface area contributed by atoms with E-state index in [1.165, 1.54) is 0 Å². The third-order valence-corrected chi connectivity index (χ3v) is 6.68. The average molecular weight is 418 g/mol. The number of carbonyl (C=O) groups excluding carboxylic acids is 2. The van der Waals surface area contributed by atoms with Crippen molar-refractivity contribution in [2.45, 2.75) is 51.4 Å². The van der Waals surface area contributed by atoms with Gasteiger partial charge >= 0.3 is 0 Å². The highest BCUT2D eigenvalue weighted by atomic mass is 35.5. The van der Waals surface area contributed by atoms with E-state index in [-0.39, 0.29) is 22.5 Å². The third-order valence-electron chi connectivity index (χ3n) is 6.48. The molecule has 1 saturated heterocycles. The van der Waals surface area contributed by atoms with E-state index in [0.717, 1.165) is 64.7 Å². The molecular weight excluding hydrogens is 390 g/mol. The lowest BCUT2D eigenvalue weighted by molar-refractivity contribution is -0.129. The van der Waals surface area contributed by atoms with Crippen molar-refractivity contribution in [1.29, 1.82) is 0 Å². The van der Waals surface area contributed by atoms with Gasteiger partial charge in [-0.3, -0.25) is 9.59 Å². The molecule has 1 saturated carbocycles. The fourth-order valence-corrected chi connectivity index (χ4v) is 5.06. The number of ketones is 2. The Hall–Kier alpha value is -1.99. The summed E-state index contributed by atoms with van der Waals surface area (Å²) in [6.45, 7) is 3.45. The van der Waals surface area contributed by atoms with E-state index in [9.17, 15) is 9.59 Å². The summed E-state index contributed by atoms with van der Waals surface area (Å²) in [5.41, 5.74) is 6.76. The molecule has 1 spiro atoms. The average Bonchev–Trinajstić information content (AvgIpc) is 3.01. The van der Waals surface area contributed by atoms with Gasteiger partial charge in [0.25, 0.3) is 0 Å². The summed E-state index contributed by atoms with van der Waals surface area (Å²) < 4.78 is 0. The molecule has 1 aliphatic heterocycles. The molecule has 4 rings (SSSR count). The summed E-state index contributed by atoms with van der Waals surface area (Å²) in [5.74, 6) is 0.617. The zero-order valence-electron chi connectivity index (χ0n) is 16.7. The molecule has 0 unspecified atom stereocenters. The van der Waals surface area contributed by atoms with Crippen molar-refractivity contribution in [3.05, 3.63) is 28.3 Å². The van der Waals surface area contributed by atoms with Crippen LogP contribution < -0.4 is 16.0 Å². The Morgan fingerprint density at radius 2 is 1.93 bits per heavy atom. The zero-order chi connectivity index (χ0) is 20.4. The van der Waals surface area contributed by atoms with Gasteiger partial charge in [0, 0.05) is 43.4 Å². The molecule has 0 radical (unpaired) electrons. The second-order valence-electron chi connectivity index (χ2n) is 8.25. The van der Waals surface area contributed by atoms with Crippen molar-refractivity contribution < 1.29 is 9.59 Å². The molecule has 2 aliphatic carbocycles. The fourth-order valence-electron chi connectivity index (χ4n) is 4.88. The minimum atomic E-state index is -0.667. The number of carbonyl (C=O) groups is 2. The van der Waals surface area contributed by atoms with Gasteiger partial charge in [0.2, 0.25) is 11.6 Å². The van der Waals surface area contributed by atoms with Crippen molar-refractivity contribution in [3.63, 3.8) is 0 Å². The van der Waals surface area contributed by atoms with E-state index in [1.54, 1.807) is 6.07 Å². The normalized spacial score (nSPS) is 26.0. The van der Waals surface area contributed by atoms with Crippen LogP contribution in [0.15, 0.2) is 17.3 Å². The van der Waals surface area contributed by atoms with Crippen LogP contribution in [0.3, 0.4) is 0 Å². The topological polar surface area (TPSA) is 101 Å². The highest BCUT2D eigenvalue weighted by Gasteiger charge is 2.46. The quantitative estimate of drug-likeness (QED) is 0.575. The smallest absolute Gasteiger partial charge is 0.228 e. The standard InChI is InChI=1S/C21H28ClN5O2/c22-16-13-17(27-11-4-9-24-10-12-27)26-20(25-16)18(29)14-5-3-8-21(19(14)23)7-2-1-6-15(21)28/h13,24H,1-12,23H2/t21-/m1/s1. The molecule has 3 aliphatic rings. The number of nitrogens with one attached hydrogen (secondary N) is 1. The minimum absolute atomic E-state index is 0.0722. The fraction of sp³-hybridized carbons (Fsp3) is 0.619. The summed E-state index contributed by atoms with van der Waals surface area (Å²) >= 11 is 6.25. The molecule has 0 bridgehead atoms. The number of halogens is 1. The van der Waals surface area contributed by atoms with E-state index in [1.807, 2.05) is 0 Å². The van der Waals surface area contributed by atoms with Gasteiger partial charge in [-0.05, 0) is 45.1 Å². The zero-order valence-corrected chi connectivity index (χ0v) is 17.4. The van der Waals surface area contributed by atoms with Crippen LogP contribution >= 0.6 is 11.6 Å². The maximum Gasteiger partial charge on any atom is 0.228 e. The Labute approximate surface area is 176 Å². The van der Waals surface area contributed by atoms with E-state index in [2.05, 4.69) is 20.2 Å². The van der Waals surface area contributed by atoms with Crippen molar-refractivity contribution in [1.82, 2.24) is 15.3 Å². The maximum atomic E-state index is 13.3. The van der Waals surface area contributed by atoms with Gasteiger partial charge in [-0.25, -0.2) is 9.97 Å². The number of allylic oxidation sites excluding steroid dienone is 2. The highest BCUT2D eigenvalue weighted by Crippen LogP contribution is 2.47. The summed E-state index contributed by atoms with van der Waals surface area (Å²) in [5, 5.41) is 3.60. The molecule has 3 N–H and O–H groups in total. The largest absolute Gasteiger partial charge is 0.401 e. The van der Waals surface area contributed by atoms with Crippen LogP contribution in [0.4, 0.5) is 5.82 Å². The molecule has 0 aromatic carbocycles. The third kappa shape index (κ3) is 3.90. The Balaban J connectivity index is 1.67. The van der Waals surface area contributed by atoms with Gasteiger partial charge in [-0.1, -0.05) is 18.0 Å². The number of rotatable bonds is 3. The number of hydrogen-bond acceptors (Lipinski definition) is 7. The van der Waals surface area contributed by atoms with Gasteiger partial charge in [0.1, 0.15) is 16.8 Å². The molecule has 156 valence electrons. The summed E-state index contributed by atoms with van der Waals surface area (Å²) in [6.07, 6.45) is 6.21. The number of hydrogen-bond donors (Lipinski definition) is 2. The predicted molar refractivity (Wildman–Crippen MR) is 112 cm³/mol. The number of nitrogens with zero attached hydrogens (tertiary/aromatic N) is 3. The molecule has 2 heterocycles. The molecule has 7 nitrogen and oxygen atoms in total. The minimum Gasteiger partial charge on any atom is -0.401 e. The Bertz CT molecular complexity index is 847. The van der Waals surface area contributed by atoms with Crippen LogP contribution in [0.2, 0.25) is 5.15 Å². The van der Waals surface area contributed by atoms with Gasteiger partial charge < -0.3 is 16.0 Å². The first-order valence-electron chi connectivity index (χ1n) is 10.6. The summed E-state index contributed by atoms with van der Waals surface area (Å²) in [6, 6.07) is 1.70. The van der Waals surface area contributed by atoms with Crippen LogP contribution in [0.5, 0.6) is 0 Å². The Morgan fingerprint density at radius 3 is 2.76 bits per heavy atom. The second-order valence-corrected chi connectivity index (χ2v) is 8.64. The van der Waals surface area contributed by atoms with Crippen molar-refractivity contribution in [3.8, 4) is 0 Å². The first-order chi connectivity index (χ1) is 14.0. The lowest BCUT2D eigenvalue weighted by atomic mass is 9.64. The van der Waals surface area contributed by atoms with Crippen LogP contribution in [-0.4, -0.2) is 47.7 Å². The first kappa shape index (κ1) is 20.3. The van der Waals surface area contributed by atoms with Gasteiger partial charge in [-0.15, -0.1) is 0 Å². The maximum absolute atomic E-state index is 13.3. The van der Waals surface area contributed by atoms with E-state index >= 15 is 0 Å². The summed E-state index contributed by atoms with van der Waals surface area (Å²) in [4.78, 5) is 36.9. The van der Waals surface area contributed by atoms with Gasteiger partial charge in [0.05, 0.1) is 5.41 Å². The van der Waals surface area contributed by atoms with Crippen LogP contribution in [0.1, 0.15) is 62.0 Å². The Morgan fingerprint density at radius 1 is 1.10 bits per heavy atom. The van der Waals surface area contributed by atoms with Crippen LogP contribution in [0.25, 0.3) is 0 Å². The SMILES string of the molecule is NC1=C(C(=O)c2nc(Cl)cc(N3CCCNCC3)n2)CCC[C@@]12CCCCC2=O. The van der Waals surface area contributed by atoms with Crippen molar-refractivity contribution >= 4 is 29.0 Å². The van der Waals surface area contributed by atoms with E-state index in [4.69, 9.17) is 17.3 Å². The molecule has 1 aromatic rings. The molecule has 0 amide bonds. The molecule has 1 atom stereocenters. The Kier molecular flexibility index (Phi) is 5.88. The number of Topliss-reactive ketones (excluding diaryl/α,β-unsaturated/α-hetero) is 2. The molecule has 29 heavy (non-hydrogen) atoms. The predicted octanol–water partition coefficient (Wildman–Crippen LogP) is 2.64. The van der Waals surface area contributed by atoms with Crippen LogP contribution in [-0.2, 0) is 4.79 Å². The molecular formula is C21H28ClN5O2. The number of aromatic nitrogens is 2.